The van der Waals surface area contributed by atoms with Gasteiger partial charge in [0.15, 0.2) is 0 Å². The molecule has 0 aliphatic carbocycles. The SMILES string of the molecule is Cc1cccc(Nc2ccccc2C(=O)Cl)c1C. The van der Waals surface area contributed by atoms with Crippen LogP contribution in [0.25, 0.3) is 0 Å². The predicted molar refractivity (Wildman–Crippen MR) is 75.8 cm³/mol. The van der Waals surface area contributed by atoms with E-state index < -0.39 is 5.24 Å². The molecule has 0 fully saturated rings. The summed E-state index contributed by atoms with van der Waals surface area (Å²) in [6.07, 6.45) is 0. The Labute approximate surface area is 112 Å². The van der Waals surface area contributed by atoms with Gasteiger partial charge in [-0.2, -0.15) is 0 Å². The van der Waals surface area contributed by atoms with Crippen LogP contribution in [0.15, 0.2) is 42.5 Å². The van der Waals surface area contributed by atoms with Gasteiger partial charge in [0, 0.05) is 5.69 Å². The van der Waals surface area contributed by atoms with Crippen LogP contribution >= 0.6 is 11.6 Å². The van der Waals surface area contributed by atoms with E-state index in [0.717, 1.165) is 16.9 Å². The maximum absolute atomic E-state index is 11.3. The third kappa shape index (κ3) is 2.54. The fraction of sp³-hybridized carbons (Fsp3) is 0.133. The monoisotopic (exact) mass is 259 g/mol. The zero-order chi connectivity index (χ0) is 13.1. The molecular formula is C15H14ClNO. The number of nitrogens with one attached hydrogen (secondary N) is 1. The van der Waals surface area contributed by atoms with Crippen molar-refractivity contribution in [3.63, 3.8) is 0 Å². The van der Waals surface area contributed by atoms with Crippen LogP contribution in [0.4, 0.5) is 11.4 Å². The molecular weight excluding hydrogens is 246 g/mol. The third-order valence-electron chi connectivity index (χ3n) is 3.01. The third-order valence-corrected chi connectivity index (χ3v) is 3.22. The lowest BCUT2D eigenvalue weighted by Crippen LogP contribution is -2.00. The second-order valence-electron chi connectivity index (χ2n) is 4.19. The molecule has 0 bridgehead atoms. The van der Waals surface area contributed by atoms with E-state index in [1.165, 1.54) is 5.56 Å². The summed E-state index contributed by atoms with van der Waals surface area (Å²) < 4.78 is 0. The Morgan fingerprint density at radius 2 is 1.67 bits per heavy atom. The first-order valence-corrected chi connectivity index (χ1v) is 6.09. The second kappa shape index (κ2) is 5.23. The summed E-state index contributed by atoms with van der Waals surface area (Å²) in [4.78, 5) is 11.3. The Bertz CT molecular complexity index is 593. The number of hydrogen-bond acceptors (Lipinski definition) is 2. The molecule has 0 aliphatic rings. The molecule has 0 saturated heterocycles. The Hall–Kier alpha value is -1.80. The molecule has 18 heavy (non-hydrogen) atoms. The number of aryl methyl sites for hydroxylation is 1. The van der Waals surface area contributed by atoms with Crippen LogP contribution in [0.3, 0.4) is 0 Å². The van der Waals surface area contributed by atoms with Crippen molar-refractivity contribution in [2.75, 3.05) is 5.32 Å². The quantitative estimate of drug-likeness (QED) is 0.827. The van der Waals surface area contributed by atoms with E-state index in [1.54, 1.807) is 12.1 Å². The van der Waals surface area contributed by atoms with Crippen molar-refractivity contribution >= 4 is 28.2 Å². The van der Waals surface area contributed by atoms with Gasteiger partial charge in [0.05, 0.1) is 11.3 Å². The van der Waals surface area contributed by atoms with Crippen molar-refractivity contribution in [1.82, 2.24) is 0 Å². The van der Waals surface area contributed by atoms with Gasteiger partial charge >= 0.3 is 0 Å². The van der Waals surface area contributed by atoms with Crippen molar-refractivity contribution in [1.29, 1.82) is 0 Å². The van der Waals surface area contributed by atoms with Gasteiger partial charge in [0.25, 0.3) is 5.24 Å². The fourth-order valence-electron chi connectivity index (χ4n) is 1.80. The molecule has 2 rings (SSSR count). The summed E-state index contributed by atoms with van der Waals surface area (Å²) in [5.74, 6) is 0. The van der Waals surface area contributed by atoms with Crippen molar-refractivity contribution in [3.05, 3.63) is 59.2 Å². The zero-order valence-electron chi connectivity index (χ0n) is 10.3. The first-order chi connectivity index (χ1) is 8.59. The standard InChI is InChI=1S/C15H14ClNO/c1-10-6-5-9-13(11(10)2)17-14-8-4-3-7-12(14)15(16)18/h3-9,17H,1-2H3. The smallest absolute Gasteiger partial charge is 0.254 e. The highest BCUT2D eigenvalue weighted by molar-refractivity contribution is 6.68. The highest BCUT2D eigenvalue weighted by Gasteiger charge is 2.09. The van der Waals surface area contributed by atoms with Gasteiger partial charge < -0.3 is 5.32 Å². The lowest BCUT2D eigenvalue weighted by atomic mass is 10.1. The molecule has 0 saturated carbocycles. The highest BCUT2D eigenvalue weighted by atomic mass is 35.5. The maximum Gasteiger partial charge on any atom is 0.254 e. The molecule has 1 N–H and O–H groups in total. The van der Waals surface area contributed by atoms with E-state index in [0.29, 0.717) is 5.56 Å². The summed E-state index contributed by atoms with van der Waals surface area (Å²) in [7, 11) is 0. The first-order valence-electron chi connectivity index (χ1n) is 5.71. The lowest BCUT2D eigenvalue weighted by molar-refractivity contribution is 0.108. The highest BCUT2D eigenvalue weighted by Crippen LogP contribution is 2.25. The molecule has 0 aliphatic heterocycles. The minimum atomic E-state index is -0.455. The van der Waals surface area contributed by atoms with Crippen molar-refractivity contribution in [2.24, 2.45) is 0 Å². The Kier molecular flexibility index (Phi) is 3.68. The van der Waals surface area contributed by atoms with E-state index in [4.69, 9.17) is 11.6 Å². The van der Waals surface area contributed by atoms with Gasteiger partial charge in [0.2, 0.25) is 0 Å². The number of benzene rings is 2. The number of carbonyl (C=O) groups is 1. The Morgan fingerprint density at radius 3 is 2.39 bits per heavy atom. The average molecular weight is 260 g/mol. The maximum atomic E-state index is 11.3. The summed E-state index contributed by atoms with van der Waals surface area (Å²) in [6, 6.07) is 13.2. The van der Waals surface area contributed by atoms with Crippen LogP contribution in [0.2, 0.25) is 0 Å². The average Bonchev–Trinajstić information content (AvgIpc) is 2.35. The van der Waals surface area contributed by atoms with Crippen LogP contribution < -0.4 is 5.32 Å². The Balaban J connectivity index is 2.40. The van der Waals surface area contributed by atoms with Crippen molar-refractivity contribution in [3.8, 4) is 0 Å². The molecule has 0 unspecified atom stereocenters. The summed E-state index contributed by atoms with van der Waals surface area (Å²) in [5.41, 5.74) is 4.57. The molecule has 0 atom stereocenters. The number of rotatable bonds is 3. The molecule has 0 radical (unpaired) electrons. The summed E-state index contributed by atoms with van der Waals surface area (Å²) in [5, 5.41) is 2.80. The molecule has 0 spiro atoms. The largest absolute Gasteiger partial charge is 0.355 e. The number of carbonyl (C=O) groups excluding carboxylic acids is 1. The van der Waals surface area contributed by atoms with Crippen LogP contribution in [-0.2, 0) is 0 Å². The normalized spacial score (nSPS) is 10.2. The molecule has 2 aromatic carbocycles. The molecule has 0 amide bonds. The fourth-order valence-corrected chi connectivity index (χ4v) is 1.96. The minimum Gasteiger partial charge on any atom is -0.355 e. The van der Waals surface area contributed by atoms with Gasteiger partial charge in [-0.1, -0.05) is 24.3 Å². The van der Waals surface area contributed by atoms with Crippen molar-refractivity contribution < 1.29 is 4.79 Å². The topological polar surface area (TPSA) is 29.1 Å². The second-order valence-corrected chi connectivity index (χ2v) is 4.54. The van der Waals surface area contributed by atoms with E-state index in [1.807, 2.05) is 31.2 Å². The minimum absolute atomic E-state index is 0.455. The zero-order valence-corrected chi connectivity index (χ0v) is 11.1. The van der Waals surface area contributed by atoms with Crippen molar-refractivity contribution in [2.45, 2.75) is 13.8 Å². The van der Waals surface area contributed by atoms with E-state index in [2.05, 4.69) is 18.3 Å². The first kappa shape index (κ1) is 12.7. The van der Waals surface area contributed by atoms with E-state index in [-0.39, 0.29) is 0 Å². The van der Waals surface area contributed by atoms with Crippen LogP contribution in [-0.4, -0.2) is 5.24 Å². The van der Waals surface area contributed by atoms with Crippen LogP contribution in [0.5, 0.6) is 0 Å². The van der Waals surface area contributed by atoms with Crippen LogP contribution in [0, 0.1) is 13.8 Å². The molecule has 0 aromatic heterocycles. The van der Waals surface area contributed by atoms with Gasteiger partial charge in [-0.15, -0.1) is 0 Å². The summed E-state index contributed by atoms with van der Waals surface area (Å²) >= 11 is 5.57. The van der Waals surface area contributed by atoms with Crippen LogP contribution in [0.1, 0.15) is 21.5 Å². The van der Waals surface area contributed by atoms with Gasteiger partial charge in [-0.3, -0.25) is 4.79 Å². The molecule has 2 aromatic rings. The summed E-state index contributed by atoms with van der Waals surface area (Å²) in [6.45, 7) is 4.10. The molecule has 0 heterocycles. The molecule has 3 heteroatoms. The van der Waals surface area contributed by atoms with Gasteiger partial charge in [-0.25, -0.2) is 0 Å². The van der Waals surface area contributed by atoms with E-state index >= 15 is 0 Å². The number of halogens is 1. The Morgan fingerprint density at radius 1 is 1.00 bits per heavy atom. The number of para-hydroxylation sites is 1. The number of anilines is 2. The number of hydrogen-bond donors (Lipinski definition) is 1. The van der Waals surface area contributed by atoms with Gasteiger partial charge in [-0.05, 0) is 54.8 Å². The molecule has 92 valence electrons. The van der Waals surface area contributed by atoms with E-state index in [9.17, 15) is 4.79 Å². The predicted octanol–water partition coefficient (Wildman–Crippen LogP) is 4.43. The van der Waals surface area contributed by atoms with Gasteiger partial charge in [0.1, 0.15) is 0 Å². The molecule has 2 nitrogen and oxygen atoms in total. The lowest BCUT2D eigenvalue weighted by Gasteiger charge is -2.13.